The van der Waals surface area contributed by atoms with Crippen molar-refractivity contribution in [2.45, 2.75) is 24.3 Å². The van der Waals surface area contributed by atoms with Crippen molar-refractivity contribution < 1.29 is 14.1 Å². The largest absolute Gasteiger partial charge is 0.496 e. The Morgan fingerprint density at radius 3 is 2.92 bits per heavy atom. The molecule has 0 bridgehead atoms. The van der Waals surface area contributed by atoms with Gasteiger partial charge in [-0.05, 0) is 32.0 Å². The Morgan fingerprint density at radius 2 is 2.23 bits per heavy atom. The van der Waals surface area contributed by atoms with Gasteiger partial charge in [0.15, 0.2) is 11.6 Å². The second-order valence-corrected chi connectivity index (χ2v) is 7.13. The standard InChI is InChI=1S/C16H16ClN5O3S/c1-8-6-13(22-25-8)18-15(23)9(2)26-16-19-14(20-21-16)11-7-10(17)4-5-12(11)24-3/h4-7,9H,1-3H3,(H,18,22,23)(H,19,20,21). The zero-order chi connectivity index (χ0) is 18.7. The first-order valence-electron chi connectivity index (χ1n) is 7.63. The van der Waals surface area contributed by atoms with Crippen LogP contribution in [-0.2, 0) is 4.79 Å². The van der Waals surface area contributed by atoms with Gasteiger partial charge in [-0.25, -0.2) is 4.98 Å². The molecule has 0 radical (unpaired) electrons. The lowest BCUT2D eigenvalue weighted by Crippen LogP contribution is -2.22. The van der Waals surface area contributed by atoms with Gasteiger partial charge in [-0.15, -0.1) is 5.10 Å². The van der Waals surface area contributed by atoms with Crippen LogP contribution in [-0.4, -0.2) is 38.6 Å². The van der Waals surface area contributed by atoms with Gasteiger partial charge in [-0.2, -0.15) is 0 Å². The fraction of sp³-hybridized carbons (Fsp3) is 0.250. The zero-order valence-corrected chi connectivity index (χ0v) is 15.8. The Morgan fingerprint density at radius 1 is 1.42 bits per heavy atom. The van der Waals surface area contributed by atoms with Crippen molar-refractivity contribution in [2.24, 2.45) is 0 Å². The molecule has 2 N–H and O–H groups in total. The summed E-state index contributed by atoms with van der Waals surface area (Å²) in [4.78, 5) is 16.6. The number of hydrogen-bond donors (Lipinski definition) is 2. The molecular weight excluding hydrogens is 378 g/mol. The highest BCUT2D eigenvalue weighted by molar-refractivity contribution is 8.00. The summed E-state index contributed by atoms with van der Waals surface area (Å²) in [6, 6.07) is 6.86. The van der Waals surface area contributed by atoms with Crippen molar-refractivity contribution in [3.63, 3.8) is 0 Å². The number of amides is 1. The molecule has 0 saturated carbocycles. The highest BCUT2D eigenvalue weighted by Gasteiger charge is 2.19. The fourth-order valence-electron chi connectivity index (χ4n) is 2.15. The molecule has 2 aromatic heterocycles. The van der Waals surface area contributed by atoms with Gasteiger partial charge >= 0.3 is 0 Å². The number of nitrogens with one attached hydrogen (secondary N) is 2. The number of hydrogen-bond acceptors (Lipinski definition) is 7. The van der Waals surface area contributed by atoms with E-state index in [0.717, 1.165) is 0 Å². The summed E-state index contributed by atoms with van der Waals surface area (Å²) in [7, 11) is 1.57. The van der Waals surface area contributed by atoms with Crippen LogP contribution in [0.25, 0.3) is 11.4 Å². The summed E-state index contributed by atoms with van der Waals surface area (Å²) >= 11 is 7.26. The summed E-state index contributed by atoms with van der Waals surface area (Å²) in [5.41, 5.74) is 0.689. The number of rotatable bonds is 6. The molecular formula is C16H16ClN5O3S. The molecule has 26 heavy (non-hydrogen) atoms. The van der Waals surface area contributed by atoms with E-state index in [-0.39, 0.29) is 5.91 Å². The number of halogens is 1. The summed E-state index contributed by atoms with van der Waals surface area (Å²) in [5, 5.41) is 14.0. The quantitative estimate of drug-likeness (QED) is 0.617. The van der Waals surface area contributed by atoms with E-state index in [2.05, 4.69) is 25.7 Å². The van der Waals surface area contributed by atoms with E-state index in [4.69, 9.17) is 20.9 Å². The van der Waals surface area contributed by atoms with Crippen molar-refractivity contribution in [3.8, 4) is 17.1 Å². The lowest BCUT2D eigenvalue weighted by molar-refractivity contribution is -0.115. The Balaban J connectivity index is 1.70. The van der Waals surface area contributed by atoms with Gasteiger partial charge in [0.1, 0.15) is 11.5 Å². The topological polar surface area (TPSA) is 106 Å². The van der Waals surface area contributed by atoms with Crippen molar-refractivity contribution in [1.82, 2.24) is 20.3 Å². The van der Waals surface area contributed by atoms with E-state index in [9.17, 15) is 4.79 Å². The van der Waals surface area contributed by atoms with Crippen LogP contribution in [0, 0.1) is 6.92 Å². The number of ether oxygens (including phenoxy) is 1. The fourth-order valence-corrected chi connectivity index (χ4v) is 3.05. The molecule has 3 aromatic rings. The maximum absolute atomic E-state index is 12.2. The van der Waals surface area contributed by atoms with Gasteiger partial charge in [-0.1, -0.05) is 28.5 Å². The summed E-state index contributed by atoms with van der Waals surface area (Å²) in [6.45, 7) is 3.50. The molecule has 3 rings (SSSR count). The molecule has 0 aliphatic carbocycles. The van der Waals surface area contributed by atoms with Crippen LogP contribution < -0.4 is 10.1 Å². The zero-order valence-electron chi connectivity index (χ0n) is 14.2. The Hall–Kier alpha value is -2.52. The Kier molecular flexibility index (Phi) is 5.48. The number of methoxy groups -OCH3 is 1. The summed E-state index contributed by atoms with van der Waals surface area (Å²) < 4.78 is 10.2. The van der Waals surface area contributed by atoms with Crippen LogP contribution in [0.5, 0.6) is 5.75 Å². The smallest absolute Gasteiger partial charge is 0.238 e. The minimum Gasteiger partial charge on any atom is -0.496 e. The Labute approximate surface area is 158 Å². The second-order valence-electron chi connectivity index (χ2n) is 5.38. The van der Waals surface area contributed by atoms with E-state index in [1.807, 2.05) is 0 Å². The predicted molar refractivity (Wildman–Crippen MR) is 98.6 cm³/mol. The Bertz CT molecular complexity index is 926. The minimum absolute atomic E-state index is 0.227. The van der Waals surface area contributed by atoms with E-state index in [0.29, 0.717) is 38.9 Å². The van der Waals surface area contributed by atoms with Gasteiger partial charge in [0.2, 0.25) is 11.1 Å². The van der Waals surface area contributed by atoms with Crippen LogP contribution in [0.15, 0.2) is 33.9 Å². The lowest BCUT2D eigenvalue weighted by atomic mass is 10.2. The van der Waals surface area contributed by atoms with E-state index < -0.39 is 5.25 Å². The molecule has 0 aliphatic rings. The average Bonchev–Trinajstić information content (AvgIpc) is 3.23. The van der Waals surface area contributed by atoms with Crippen LogP contribution in [0.3, 0.4) is 0 Å². The molecule has 1 amide bonds. The van der Waals surface area contributed by atoms with E-state index >= 15 is 0 Å². The summed E-state index contributed by atoms with van der Waals surface area (Å²) in [5.74, 6) is 1.89. The molecule has 0 aliphatic heterocycles. The first-order valence-corrected chi connectivity index (χ1v) is 8.89. The number of carbonyl (C=O) groups excluding carboxylic acids is 1. The maximum Gasteiger partial charge on any atom is 0.238 e. The number of aryl methyl sites for hydroxylation is 1. The number of H-pyrrole nitrogens is 1. The second kappa shape index (κ2) is 7.79. The third-order valence-electron chi connectivity index (χ3n) is 3.41. The highest BCUT2D eigenvalue weighted by atomic mass is 35.5. The number of carbonyl (C=O) groups is 1. The molecule has 136 valence electrons. The molecule has 10 heteroatoms. The number of benzene rings is 1. The minimum atomic E-state index is -0.433. The normalized spacial score (nSPS) is 12.0. The predicted octanol–water partition coefficient (Wildman–Crippen LogP) is 3.55. The van der Waals surface area contributed by atoms with Crippen LogP contribution in [0.2, 0.25) is 5.02 Å². The number of aromatic amines is 1. The molecule has 2 heterocycles. The SMILES string of the molecule is COc1ccc(Cl)cc1-c1nc(SC(C)C(=O)Nc2cc(C)on2)n[nH]1. The summed E-state index contributed by atoms with van der Waals surface area (Å²) in [6.07, 6.45) is 0. The maximum atomic E-state index is 12.2. The lowest BCUT2D eigenvalue weighted by Gasteiger charge is -2.07. The third-order valence-corrected chi connectivity index (χ3v) is 4.61. The molecule has 0 fully saturated rings. The molecule has 0 spiro atoms. The van der Waals surface area contributed by atoms with Crippen LogP contribution in [0.1, 0.15) is 12.7 Å². The molecule has 0 saturated heterocycles. The highest BCUT2D eigenvalue weighted by Crippen LogP contribution is 2.31. The van der Waals surface area contributed by atoms with Crippen molar-refractivity contribution in [1.29, 1.82) is 0 Å². The number of nitrogens with zero attached hydrogens (tertiary/aromatic N) is 3. The molecule has 8 nitrogen and oxygen atoms in total. The van der Waals surface area contributed by atoms with Gasteiger partial charge in [0, 0.05) is 11.1 Å². The van der Waals surface area contributed by atoms with Crippen LogP contribution >= 0.6 is 23.4 Å². The molecule has 1 unspecified atom stereocenters. The van der Waals surface area contributed by atoms with E-state index in [1.165, 1.54) is 11.8 Å². The number of aromatic nitrogens is 4. The van der Waals surface area contributed by atoms with Crippen molar-refractivity contribution in [3.05, 3.63) is 35.0 Å². The first-order chi connectivity index (χ1) is 12.5. The van der Waals surface area contributed by atoms with Gasteiger partial charge in [0.05, 0.1) is 17.9 Å². The van der Waals surface area contributed by atoms with Crippen molar-refractivity contribution >= 4 is 35.1 Å². The van der Waals surface area contributed by atoms with E-state index in [1.54, 1.807) is 45.2 Å². The number of anilines is 1. The monoisotopic (exact) mass is 393 g/mol. The average molecular weight is 394 g/mol. The van der Waals surface area contributed by atoms with Crippen LogP contribution in [0.4, 0.5) is 5.82 Å². The van der Waals surface area contributed by atoms with Crippen molar-refractivity contribution in [2.75, 3.05) is 12.4 Å². The molecule has 1 aromatic carbocycles. The number of thioether (sulfide) groups is 1. The molecule has 1 atom stereocenters. The van der Waals surface area contributed by atoms with Gasteiger partial charge < -0.3 is 14.6 Å². The van der Waals surface area contributed by atoms with Gasteiger partial charge in [0.25, 0.3) is 0 Å². The third kappa shape index (κ3) is 4.17. The first kappa shape index (κ1) is 18.3. The van der Waals surface area contributed by atoms with Gasteiger partial charge in [-0.3, -0.25) is 9.89 Å².